The molecule has 1 aromatic carbocycles. The Kier molecular flexibility index (Phi) is 3.41. The van der Waals surface area contributed by atoms with E-state index < -0.39 is 18.2 Å². The number of para-hydroxylation sites is 1. The van der Waals surface area contributed by atoms with E-state index in [1.165, 1.54) is 13.8 Å². The van der Waals surface area contributed by atoms with E-state index in [0.717, 1.165) is 11.3 Å². The molecule has 94 valence electrons. The van der Waals surface area contributed by atoms with Crippen molar-refractivity contribution in [3.63, 3.8) is 0 Å². The molecule has 0 bridgehead atoms. The molecule has 1 atom stereocenters. The summed E-state index contributed by atoms with van der Waals surface area (Å²) >= 11 is 0. The molecule has 1 aliphatic rings. The fourth-order valence-electron chi connectivity index (χ4n) is 1.84. The van der Waals surface area contributed by atoms with Gasteiger partial charge < -0.3 is 9.47 Å². The van der Waals surface area contributed by atoms with Crippen LogP contribution in [0.4, 0.5) is 5.69 Å². The Morgan fingerprint density at radius 2 is 1.78 bits per heavy atom. The first kappa shape index (κ1) is 12.3. The molecule has 1 unspecified atom stereocenters. The normalized spacial score (nSPS) is 16.5. The molecule has 0 saturated carbocycles. The van der Waals surface area contributed by atoms with Crippen LogP contribution in [0.2, 0.25) is 0 Å². The summed E-state index contributed by atoms with van der Waals surface area (Å²) in [6, 6.07) is 7.45. The van der Waals surface area contributed by atoms with E-state index in [1.807, 2.05) is 24.3 Å². The molecular weight excluding hydrogens is 234 g/mol. The summed E-state index contributed by atoms with van der Waals surface area (Å²) in [5.74, 6) is -1.35. The summed E-state index contributed by atoms with van der Waals surface area (Å²) in [5.41, 5.74) is 1.68. The highest BCUT2D eigenvalue weighted by molar-refractivity contribution is 5.82. The minimum absolute atomic E-state index is 0.353. The van der Waals surface area contributed by atoms with Gasteiger partial charge in [0.1, 0.15) is 0 Å². The molecule has 1 heterocycles. The van der Waals surface area contributed by atoms with Crippen molar-refractivity contribution in [3.05, 3.63) is 29.8 Å². The van der Waals surface area contributed by atoms with E-state index in [9.17, 15) is 9.59 Å². The number of fused-ring (bicyclic) bond motifs is 1. The zero-order valence-electron chi connectivity index (χ0n) is 10.1. The van der Waals surface area contributed by atoms with E-state index in [4.69, 9.17) is 9.47 Å². The molecule has 0 fully saturated rings. The van der Waals surface area contributed by atoms with Gasteiger partial charge in [-0.25, -0.2) is 0 Å². The van der Waals surface area contributed by atoms with Gasteiger partial charge >= 0.3 is 11.9 Å². The number of carbonyl (C=O) groups excluding carboxylic acids is 2. The van der Waals surface area contributed by atoms with Crippen LogP contribution in [0.15, 0.2) is 29.3 Å². The van der Waals surface area contributed by atoms with Gasteiger partial charge in [0, 0.05) is 20.1 Å². The first-order chi connectivity index (χ1) is 8.58. The number of hydrogen-bond acceptors (Lipinski definition) is 5. The van der Waals surface area contributed by atoms with Crippen LogP contribution in [0, 0.1) is 0 Å². The molecule has 1 aliphatic heterocycles. The summed E-state index contributed by atoms with van der Waals surface area (Å²) in [6.45, 7) is 2.54. The van der Waals surface area contributed by atoms with Crippen LogP contribution in [0.3, 0.4) is 0 Å². The highest BCUT2D eigenvalue weighted by Gasteiger charge is 2.31. The summed E-state index contributed by atoms with van der Waals surface area (Å²) in [6.07, 6.45) is 0.661. The lowest BCUT2D eigenvalue weighted by Crippen LogP contribution is -2.29. The van der Waals surface area contributed by atoms with Gasteiger partial charge in [-0.2, -0.15) is 0 Å². The van der Waals surface area contributed by atoms with Gasteiger partial charge in [0.15, 0.2) is 0 Å². The van der Waals surface area contributed by atoms with Crippen molar-refractivity contribution < 1.29 is 19.1 Å². The lowest BCUT2D eigenvalue weighted by atomic mass is 10.0. The Balaban J connectivity index is 2.25. The third kappa shape index (κ3) is 2.56. The fraction of sp³-hybridized carbons (Fsp3) is 0.308. The smallest absolute Gasteiger partial charge is 0.305 e. The maximum Gasteiger partial charge on any atom is 0.305 e. The van der Waals surface area contributed by atoms with E-state index >= 15 is 0 Å². The standard InChI is InChI=1S/C13H13NO4/c1-8(15)17-13(18-9(2)16)11-7-14-12-6-4-3-5-10(11)12/h3-7,11,13H,1-2H3. The van der Waals surface area contributed by atoms with E-state index in [2.05, 4.69) is 4.99 Å². The predicted molar refractivity (Wildman–Crippen MR) is 64.7 cm³/mol. The molecule has 18 heavy (non-hydrogen) atoms. The second-order valence-corrected chi connectivity index (χ2v) is 3.95. The molecule has 1 aromatic rings. The van der Waals surface area contributed by atoms with Gasteiger partial charge in [0.05, 0.1) is 11.6 Å². The Bertz CT molecular complexity index is 493. The average Bonchev–Trinajstić information content (AvgIpc) is 2.70. The van der Waals surface area contributed by atoms with Crippen molar-refractivity contribution in [3.8, 4) is 0 Å². The Morgan fingerprint density at radius 1 is 1.17 bits per heavy atom. The summed E-state index contributed by atoms with van der Waals surface area (Å²) in [7, 11) is 0. The van der Waals surface area contributed by atoms with Crippen LogP contribution in [-0.2, 0) is 19.1 Å². The van der Waals surface area contributed by atoms with Crippen molar-refractivity contribution in [1.82, 2.24) is 0 Å². The predicted octanol–water partition coefficient (Wildman–Crippen LogP) is 1.94. The zero-order chi connectivity index (χ0) is 13.1. The molecule has 5 nitrogen and oxygen atoms in total. The van der Waals surface area contributed by atoms with Crippen LogP contribution < -0.4 is 0 Å². The number of benzene rings is 1. The number of carbonyl (C=O) groups is 2. The number of hydrogen-bond donors (Lipinski definition) is 0. The molecule has 0 amide bonds. The van der Waals surface area contributed by atoms with Crippen molar-refractivity contribution in [2.75, 3.05) is 0 Å². The van der Waals surface area contributed by atoms with E-state index in [1.54, 1.807) is 6.21 Å². The maximum absolute atomic E-state index is 11.0. The van der Waals surface area contributed by atoms with Gasteiger partial charge in [0.2, 0.25) is 0 Å². The van der Waals surface area contributed by atoms with Crippen molar-refractivity contribution in [1.29, 1.82) is 0 Å². The molecular formula is C13H13NO4. The maximum atomic E-state index is 11.0. The van der Waals surface area contributed by atoms with Crippen LogP contribution in [0.25, 0.3) is 0 Å². The van der Waals surface area contributed by atoms with Crippen LogP contribution in [0.5, 0.6) is 0 Å². The second kappa shape index (κ2) is 5.00. The summed E-state index contributed by atoms with van der Waals surface area (Å²) in [4.78, 5) is 26.3. The van der Waals surface area contributed by atoms with Crippen molar-refractivity contribution >= 4 is 23.8 Å². The molecule has 0 aliphatic carbocycles. The minimum atomic E-state index is -0.965. The van der Waals surface area contributed by atoms with Gasteiger partial charge in [0.25, 0.3) is 6.29 Å². The SMILES string of the molecule is CC(=O)OC(OC(C)=O)C1C=Nc2ccccc21. The quantitative estimate of drug-likeness (QED) is 0.604. The summed E-state index contributed by atoms with van der Waals surface area (Å²) < 4.78 is 10.1. The van der Waals surface area contributed by atoms with Crippen LogP contribution in [0.1, 0.15) is 25.3 Å². The number of esters is 2. The number of aliphatic imine (C=N–C) groups is 1. The van der Waals surface area contributed by atoms with E-state index in [-0.39, 0.29) is 5.92 Å². The lowest BCUT2D eigenvalue weighted by molar-refractivity contribution is -0.185. The highest BCUT2D eigenvalue weighted by atomic mass is 16.7. The Hall–Kier alpha value is -2.17. The summed E-state index contributed by atoms with van der Waals surface area (Å²) in [5, 5.41) is 0. The lowest BCUT2D eigenvalue weighted by Gasteiger charge is -2.21. The molecule has 0 spiro atoms. The fourth-order valence-corrected chi connectivity index (χ4v) is 1.84. The largest absolute Gasteiger partial charge is 0.424 e. The van der Waals surface area contributed by atoms with Crippen molar-refractivity contribution in [2.45, 2.75) is 26.1 Å². The van der Waals surface area contributed by atoms with E-state index in [0.29, 0.717) is 0 Å². The number of ether oxygens (including phenoxy) is 2. The van der Waals surface area contributed by atoms with Gasteiger partial charge in [-0.3, -0.25) is 14.6 Å². The van der Waals surface area contributed by atoms with Gasteiger partial charge in [-0.15, -0.1) is 0 Å². The monoisotopic (exact) mass is 247 g/mol. The first-order valence-electron chi connectivity index (χ1n) is 5.55. The molecule has 0 N–H and O–H groups in total. The highest BCUT2D eigenvalue weighted by Crippen LogP contribution is 2.35. The Labute approximate surface area is 104 Å². The topological polar surface area (TPSA) is 65.0 Å². The zero-order valence-corrected chi connectivity index (χ0v) is 10.1. The average molecular weight is 247 g/mol. The number of nitrogens with zero attached hydrogens (tertiary/aromatic N) is 1. The Morgan fingerprint density at radius 3 is 2.39 bits per heavy atom. The third-order valence-corrected chi connectivity index (χ3v) is 2.53. The minimum Gasteiger partial charge on any atom is -0.424 e. The van der Waals surface area contributed by atoms with Crippen LogP contribution in [-0.4, -0.2) is 24.4 Å². The molecule has 2 rings (SSSR count). The second-order valence-electron chi connectivity index (χ2n) is 3.95. The molecule has 0 aromatic heterocycles. The number of rotatable bonds is 3. The van der Waals surface area contributed by atoms with Gasteiger partial charge in [-0.1, -0.05) is 18.2 Å². The third-order valence-electron chi connectivity index (χ3n) is 2.53. The van der Waals surface area contributed by atoms with Crippen LogP contribution >= 0.6 is 0 Å². The molecule has 0 saturated heterocycles. The first-order valence-corrected chi connectivity index (χ1v) is 5.55. The molecule has 5 heteroatoms. The molecule has 0 radical (unpaired) electrons. The van der Waals surface area contributed by atoms with Crippen molar-refractivity contribution in [2.24, 2.45) is 4.99 Å². The van der Waals surface area contributed by atoms with Gasteiger partial charge in [-0.05, 0) is 11.6 Å².